The molecule has 4 heteroatoms. The van der Waals surface area contributed by atoms with Crippen LogP contribution in [-0.4, -0.2) is 19.1 Å². The average molecular weight is 895 g/mol. The van der Waals surface area contributed by atoms with Crippen LogP contribution in [0.15, 0.2) is 206 Å². The number of rotatable bonds is 4. The number of hydrogen-bond donors (Lipinski definition) is 0. The lowest BCUT2D eigenvalue weighted by molar-refractivity contribution is 0.660. The second-order valence-electron chi connectivity index (χ2n) is 20.6. The number of fused-ring (bicyclic) bond motifs is 15. The van der Waals surface area contributed by atoms with E-state index in [4.69, 9.17) is 9.97 Å². The molecule has 10 aromatic carbocycles. The summed E-state index contributed by atoms with van der Waals surface area (Å²) in [6.45, 7) is 9.38. The molecular formula is C66H46N4. The monoisotopic (exact) mass is 894 g/mol. The van der Waals surface area contributed by atoms with Crippen molar-refractivity contribution in [2.75, 3.05) is 0 Å². The molecule has 2 aliphatic carbocycles. The Hall–Kier alpha value is -8.60. The maximum Gasteiger partial charge on any atom is 0.160 e. The van der Waals surface area contributed by atoms with Gasteiger partial charge in [-0.25, -0.2) is 9.97 Å². The molecule has 13 aromatic rings. The van der Waals surface area contributed by atoms with Gasteiger partial charge in [0.25, 0.3) is 0 Å². The Bertz CT molecular complexity index is 4410. The standard InChI is InChI=1S/C66H46N4/c1-65(2)54-23-13-10-20-45(54)47-30-27-40(34-56(47)65)62-53-36-43(29-33-58(53)67-64(68-62)41-28-31-48-46-21-11-14-24-55(46)66(3,4)57(48)35-41)69-59-25-15-12-22-49(59)51-37-52-50-32-26-39-16-8-9-19-44(39)63(50)70(61(52)38-60(51)69)42-17-6-5-7-18-42/h5-38H,1-4H3. The van der Waals surface area contributed by atoms with Crippen LogP contribution in [0.2, 0.25) is 0 Å². The minimum absolute atomic E-state index is 0.145. The topological polar surface area (TPSA) is 35.6 Å². The SMILES string of the molecule is CC1(C)c2ccccc2-c2ccc(-c3nc(-c4ccc5c(c4)C(C)(C)c4ccccc4-5)c4cc(-n5c6ccccc6c6cc7c8ccc9ccccc9c8n(-c8ccccc8)c7cc65)ccc4n3)cc21. The third-order valence-corrected chi connectivity index (χ3v) is 16.1. The number of para-hydroxylation sites is 2. The van der Waals surface area contributed by atoms with Crippen molar-refractivity contribution in [3.05, 3.63) is 229 Å². The quantitative estimate of drug-likeness (QED) is 0.176. The highest BCUT2D eigenvalue weighted by Gasteiger charge is 2.37. The van der Waals surface area contributed by atoms with Gasteiger partial charge in [-0.2, -0.15) is 0 Å². The molecule has 3 aromatic heterocycles. The Labute approximate surface area is 405 Å². The Morgan fingerprint density at radius 2 is 0.943 bits per heavy atom. The highest BCUT2D eigenvalue weighted by molar-refractivity contribution is 6.23. The zero-order valence-corrected chi connectivity index (χ0v) is 39.4. The Morgan fingerprint density at radius 3 is 1.70 bits per heavy atom. The first-order valence-electron chi connectivity index (χ1n) is 24.5. The predicted molar refractivity (Wildman–Crippen MR) is 292 cm³/mol. The molecule has 0 bridgehead atoms. The Balaban J connectivity index is 0.987. The second kappa shape index (κ2) is 14.0. The van der Waals surface area contributed by atoms with Crippen molar-refractivity contribution in [1.29, 1.82) is 0 Å². The first-order chi connectivity index (χ1) is 34.2. The van der Waals surface area contributed by atoms with E-state index in [2.05, 4.69) is 243 Å². The second-order valence-corrected chi connectivity index (χ2v) is 20.6. The summed E-state index contributed by atoms with van der Waals surface area (Å²) in [5, 5.41) is 8.41. The molecule has 0 fully saturated rings. The van der Waals surface area contributed by atoms with Crippen molar-refractivity contribution in [1.82, 2.24) is 19.1 Å². The summed E-state index contributed by atoms with van der Waals surface area (Å²) < 4.78 is 4.92. The molecule has 3 heterocycles. The van der Waals surface area contributed by atoms with Crippen LogP contribution in [0.1, 0.15) is 49.9 Å². The molecule has 0 amide bonds. The average Bonchev–Trinajstić information content (AvgIpc) is 4.06. The van der Waals surface area contributed by atoms with Crippen LogP contribution in [0.4, 0.5) is 0 Å². The van der Waals surface area contributed by atoms with Crippen LogP contribution in [0.25, 0.3) is 122 Å². The predicted octanol–water partition coefficient (Wildman–Crippen LogP) is 16.9. The van der Waals surface area contributed by atoms with Crippen molar-refractivity contribution >= 4 is 65.3 Å². The minimum Gasteiger partial charge on any atom is -0.309 e. The van der Waals surface area contributed by atoms with E-state index in [1.165, 1.54) is 87.9 Å². The van der Waals surface area contributed by atoms with Gasteiger partial charge < -0.3 is 9.13 Å². The molecule has 0 unspecified atom stereocenters. The third-order valence-electron chi connectivity index (χ3n) is 16.1. The normalized spacial score (nSPS) is 14.2. The van der Waals surface area contributed by atoms with Crippen molar-refractivity contribution in [2.45, 2.75) is 38.5 Å². The zero-order chi connectivity index (χ0) is 46.6. The summed E-state index contributed by atoms with van der Waals surface area (Å²) in [6, 6.07) is 76.2. The maximum absolute atomic E-state index is 5.64. The van der Waals surface area contributed by atoms with Crippen molar-refractivity contribution in [3.63, 3.8) is 0 Å². The summed E-state index contributed by atoms with van der Waals surface area (Å²) in [5.74, 6) is 0.730. The van der Waals surface area contributed by atoms with Crippen LogP contribution in [0.3, 0.4) is 0 Å². The van der Waals surface area contributed by atoms with Crippen molar-refractivity contribution < 1.29 is 0 Å². The number of aromatic nitrogens is 4. The molecule has 0 spiro atoms. The lowest BCUT2D eigenvalue weighted by Gasteiger charge is -2.22. The number of nitrogens with zero attached hydrogens (tertiary/aromatic N) is 4. The van der Waals surface area contributed by atoms with Gasteiger partial charge in [0.1, 0.15) is 0 Å². The Morgan fingerprint density at radius 1 is 0.343 bits per heavy atom. The molecule has 4 nitrogen and oxygen atoms in total. The molecule has 330 valence electrons. The van der Waals surface area contributed by atoms with E-state index in [0.29, 0.717) is 0 Å². The summed E-state index contributed by atoms with van der Waals surface area (Å²) in [7, 11) is 0. The molecule has 2 aliphatic rings. The van der Waals surface area contributed by atoms with Crippen LogP contribution in [0.5, 0.6) is 0 Å². The summed E-state index contributed by atoms with van der Waals surface area (Å²) >= 11 is 0. The zero-order valence-electron chi connectivity index (χ0n) is 39.4. The first kappa shape index (κ1) is 39.4. The highest BCUT2D eigenvalue weighted by Crippen LogP contribution is 2.52. The lowest BCUT2D eigenvalue weighted by atomic mass is 9.81. The molecule has 0 aliphatic heterocycles. The Kier molecular flexibility index (Phi) is 7.88. The van der Waals surface area contributed by atoms with Gasteiger partial charge in [-0.1, -0.05) is 173 Å². The largest absolute Gasteiger partial charge is 0.309 e. The van der Waals surface area contributed by atoms with Crippen molar-refractivity contribution in [3.8, 4) is 56.3 Å². The fraction of sp³-hybridized carbons (Fsp3) is 0.0909. The summed E-state index contributed by atoms with van der Waals surface area (Å²) in [5.41, 5.74) is 21.1. The van der Waals surface area contributed by atoms with Crippen molar-refractivity contribution in [2.24, 2.45) is 0 Å². The van der Waals surface area contributed by atoms with E-state index >= 15 is 0 Å². The first-order valence-corrected chi connectivity index (χ1v) is 24.5. The van der Waals surface area contributed by atoms with E-state index < -0.39 is 0 Å². The summed E-state index contributed by atoms with van der Waals surface area (Å²) in [6.07, 6.45) is 0. The van der Waals surface area contributed by atoms with Crippen LogP contribution < -0.4 is 0 Å². The summed E-state index contributed by atoms with van der Waals surface area (Å²) in [4.78, 5) is 11.1. The molecule has 0 saturated carbocycles. The van der Waals surface area contributed by atoms with Gasteiger partial charge in [0.05, 0.1) is 33.3 Å². The molecule has 0 atom stereocenters. The smallest absolute Gasteiger partial charge is 0.160 e. The van der Waals surface area contributed by atoms with Crippen LogP contribution in [-0.2, 0) is 10.8 Å². The number of benzene rings is 10. The molecule has 15 rings (SSSR count). The maximum atomic E-state index is 5.64. The lowest BCUT2D eigenvalue weighted by Crippen LogP contribution is -2.15. The minimum atomic E-state index is -0.165. The van der Waals surface area contributed by atoms with Crippen LogP contribution >= 0.6 is 0 Å². The molecule has 70 heavy (non-hydrogen) atoms. The van der Waals surface area contributed by atoms with Gasteiger partial charge in [0.15, 0.2) is 5.82 Å². The molecule has 0 radical (unpaired) electrons. The van der Waals surface area contributed by atoms with E-state index in [1.807, 2.05) is 0 Å². The third kappa shape index (κ3) is 5.31. The van der Waals surface area contributed by atoms with Gasteiger partial charge in [-0.05, 0) is 111 Å². The van der Waals surface area contributed by atoms with E-state index in [1.54, 1.807) is 0 Å². The van der Waals surface area contributed by atoms with E-state index in [0.717, 1.165) is 56.0 Å². The fourth-order valence-electron chi connectivity index (χ4n) is 12.7. The van der Waals surface area contributed by atoms with Gasteiger partial charge in [-0.15, -0.1) is 0 Å². The van der Waals surface area contributed by atoms with Gasteiger partial charge >= 0.3 is 0 Å². The van der Waals surface area contributed by atoms with Gasteiger partial charge in [0.2, 0.25) is 0 Å². The van der Waals surface area contributed by atoms with Gasteiger partial charge in [0, 0.05) is 65.6 Å². The van der Waals surface area contributed by atoms with E-state index in [-0.39, 0.29) is 10.8 Å². The molecule has 0 saturated heterocycles. The van der Waals surface area contributed by atoms with Gasteiger partial charge in [-0.3, -0.25) is 0 Å². The van der Waals surface area contributed by atoms with Crippen LogP contribution in [0, 0.1) is 0 Å². The number of hydrogen-bond acceptors (Lipinski definition) is 2. The molecule has 0 N–H and O–H groups in total. The molecular weight excluding hydrogens is 849 g/mol. The highest BCUT2D eigenvalue weighted by atomic mass is 15.0. The fourth-order valence-corrected chi connectivity index (χ4v) is 12.7. The van der Waals surface area contributed by atoms with E-state index in [9.17, 15) is 0 Å².